The van der Waals surface area contributed by atoms with E-state index in [2.05, 4.69) is 34.8 Å². The Kier molecular flexibility index (Phi) is 6.51. The number of nitrogens with zero attached hydrogens (tertiary/aromatic N) is 3. The highest BCUT2D eigenvalue weighted by Gasteiger charge is 2.13. The number of nitrogens with one attached hydrogen (secondary N) is 1. The molecule has 0 unspecified atom stereocenters. The molecular weight excluding hydrogens is 332 g/mol. The van der Waals surface area contributed by atoms with Crippen LogP contribution < -0.4 is 5.32 Å². The molecule has 1 N–H and O–H groups in total. The first kappa shape index (κ1) is 18.4. The van der Waals surface area contributed by atoms with Gasteiger partial charge in [-0.1, -0.05) is 29.8 Å². The van der Waals surface area contributed by atoms with E-state index in [1.165, 1.54) is 50.2 Å². The maximum Gasteiger partial charge on any atom is 0.0677 e. The maximum atomic E-state index is 6.29. The van der Waals surface area contributed by atoms with Crippen molar-refractivity contribution in [1.82, 2.24) is 20.0 Å². The molecule has 0 aliphatic carbocycles. The zero-order valence-electron chi connectivity index (χ0n) is 15.4. The number of likely N-dealkylation sites (tertiary alicyclic amines) is 1. The van der Waals surface area contributed by atoms with E-state index in [1.807, 2.05) is 18.2 Å². The number of hydrogen-bond donors (Lipinski definition) is 1. The van der Waals surface area contributed by atoms with Gasteiger partial charge in [0.25, 0.3) is 0 Å². The molecule has 1 aliphatic rings. The minimum absolute atomic E-state index is 0.724. The predicted molar refractivity (Wildman–Crippen MR) is 104 cm³/mol. The minimum Gasteiger partial charge on any atom is -0.312 e. The molecule has 2 aromatic rings. The van der Waals surface area contributed by atoms with Crippen LogP contribution in [0.5, 0.6) is 0 Å². The Morgan fingerprint density at radius 2 is 1.92 bits per heavy atom. The van der Waals surface area contributed by atoms with E-state index in [0.717, 1.165) is 35.9 Å². The number of rotatable bonds is 8. The van der Waals surface area contributed by atoms with Crippen molar-refractivity contribution < 1.29 is 0 Å². The average molecular weight is 361 g/mol. The van der Waals surface area contributed by atoms with E-state index in [4.69, 9.17) is 16.7 Å². The van der Waals surface area contributed by atoms with Gasteiger partial charge in [0.15, 0.2) is 0 Å². The molecule has 1 saturated heterocycles. The fourth-order valence-electron chi connectivity index (χ4n) is 3.58. The molecule has 0 radical (unpaired) electrons. The summed E-state index contributed by atoms with van der Waals surface area (Å²) in [7, 11) is 0. The molecule has 3 rings (SSSR count). The maximum absolute atomic E-state index is 6.29. The Balaban J connectivity index is 1.52. The van der Waals surface area contributed by atoms with Crippen molar-refractivity contribution in [3.63, 3.8) is 0 Å². The van der Waals surface area contributed by atoms with Crippen LogP contribution in [-0.4, -0.2) is 40.9 Å². The highest BCUT2D eigenvalue weighted by Crippen LogP contribution is 2.19. The first-order valence-electron chi connectivity index (χ1n) is 9.34. The molecule has 5 heteroatoms. The van der Waals surface area contributed by atoms with E-state index in [1.54, 1.807) is 0 Å². The van der Waals surface area contributed by atoms with E-state index in [0.29, 0.717) is 0 Å². The number of benzene rings is 1. The van der Waals surface area contributed by atoms with Crippen LogP contribution in [0.1, 0.15) is 41.8 Å². The summed E-state index contributed by atoms with van der Waals surface area (Å²) in [5, 5.41) is 9.11. The molecule has 0 saturated carbocycles. The van der Waals surface area contributed by atoms with Crippen molar-refractivity contribution in [3.8, 4) is 0 Å². The third-order valence-corrected chi connectivity index (χ3v) is 5.51. The Hall–Kier alpha value is -1.36. The van der Waals surface area contributed by atoms with Crippen LogP contribution in [0.3, 0.4) is 0 Å². The lowest BCUT2D eigenvalue weighted by Crippen LogP contribution is -2.24. The Morgan fingerprint density at radius 1 is 1.16 bits per heavy atom. The molecule has 0 bridgehead atoms. The van der Waals surface area contributed by atoms with Gasteiger partial charge >= 0.3 is 0 Å². The second kappa shape index (κ2) is 8.84. The van der Waals surface area contributed by atoms with E-state index in [9.17, 15) is 0 Å². The summed E-state index contributed by atoms with van der Waals surface area (Å²) in [5.41, 5.74) is 4.76. The zero-order chi connectivity index (χ0) is 17.6. The zero-order valence-corrected chi connectivity index (χ0v) is 16.1. The van der Waals surface area contributed by atoms with Gasteiger partial charge in [0.05, 0.1) is 12.2 Å². The van der Waals surface area contributed by atoms with Gasteiger partial charge < -0.3 is 10.2 Å². The van der Waals surface area contributed by atoms with Crippen LogP contribution in [-0.2, 0) is 13.1 Å². The fourth-order valence-corrected chi connectivity index (χ4v) is 3.77. The van der Waals surface area contributed by atoms with Crippen LogP contribution in [0.2, 0.25) is 5.02 Å². The van der Waals surface area contributed by atoms with Crippen molar-refractivity contribution in [2.45, 2.75) is 46.2 Å². The summed E-state index contributed by atoms with van der Waals surface area (Å²) in [5.74, 6) is 0. The quantitative estimate of drug-likeness (QED) is 0.727. The van der Waals surface area contributed by atoms with Crippen molar-refractivity contribution >= 4 is 11.6 Å². The summed E-state index contributed by atoms with van der Waals surface area (Å²) in [4.78, 5) is 2.57. The first-order chi connectivity index (χ1) is 12.1. The second-order valence-corrected chi connectivity index (χ2v) is 7.38. The Labute approximate surface area is 156 Å². The lowest BCUT2D eigenvalue weighted by molar-refractivity contribution is 0.331. The smallest absolute Gasteiger partial charge is 0.0677 e. The minimum atomic E-state index is 0.724. The number of hydrogen-bond acceptors (Lipinski definition) is 3. The summed E-state index contributed by atoms with van der Waals surface area (Å²) >= 11 is 6.29. The van der Waals surface area contributed by atoms with Crippen LogP contribution in [0.25, 0.3) is 0 Å². The molecule has 4 nitrogen and oxygen atoms in total. The van der Waals surface area contributed by atoms with E-state index >= 15 is 0 Å². The van der Waals surface area contributed by atoms with Crippen LogP contribution in [0.4, 0.5) is 0 Å². The Morgan fingerprint density at radius 3 is 2.68 bits per heavy atom. The molecule has 2 heterocycles. The molecule has 0 spiro atoms. The van der Waals surface area contributed by atoms with Gasteiger partial charge in [0.2, 0.25) is 0 Å². The molecular formula is C20H29ClN4. The van der Waals surface area contributed by atoms with Crippen molar-refractivity contribution in [1.29, 1.82) is 0 Å². The number of aryl methyl sites for hydroxylation is 1. The number of halogens is 1. The molecule has 0 amide bonds. The van der Waals surface area contributed by atoms with Crippen molar-refractivity contribution in [2.24, 2.45) is 0 Å². The second-order valence-electron chi connectivity index (χ2n) is 6.98. The molecule has 1 aromatic heterocycles. The van der Waals surface area contributed by atoms with Gasteiger partial charge in [-0.05, 0) is 70.9 Å². The lowest BCUT2D eigenvalue weighted by atomic mass is 10.2. The van der Waals surface area contributed by atoms with Gasteiger partial charge in [0, 0.05) is 22.8 Å². The van der Waals surface area contributed by atoms with Gasteiger partial charge in [-0.25, -0.2) is 0 Å². The van der Waals surface area contributed by atoms with Gasteiger partial charge in [-0.15, -0.1) is 0 Å². The molecule has 1 aliphatic heterocycles. The van der Waals surface area contributed by atoms with Gasteiger partial charge in [-0.2, -0.15) is 5.10 Å². The highest BCUT2D eigenvalue weighted by atomic mass is 35.5. The van der Waals surface area contributed by atoms with Gasteiger partial charge in [0.1, 0.15) is 0 Å². The predicted octanol–water partition coefficient (Wildman–Crippen LogP) is 3.78. The summed E-state index contributed by atoms with van der Waals surface area (Å²) < 4.78 is 2.07. The van der Waals surface area contributed by atoms with Crippen LogP contribution in [0.15, 0.2) is 24.3 Å². The van der Waals surface area contributed by atoms with E-state index < -0.39 is 0 Å². The van der Waals surface area contributed by atoms with E-state index in [-0.39, 0.29) is 0 Å². The molecule has 25 heavy (non-hydrogen) atoms. The molecule has 1 fully saturated rings. The average Bonchev–Trinajstić information content (AvgIpc) is 3.20. The lowest BCUT2D eigenvalue weighted by Gasteiger charge is -2.14. The molecule has 0 atom stereocenters. The summed E-state index contributed by atoms with van der Waals surface area (Å²) in [6.07, 6.45) is 3.96. The normalized spacial score (nSPS) is 15.2. The monoisotopic (exact) mass is 360 g/mol. The highest BCUT2D eigenvalue weighted by molar-refractivity contribution is 6.31. The standard InChI is InChI=1S/C20H29ClN4/c1-16-19(14-22-10-7-13-24-11-5-6-12-24)17(2)25(23-16)15-18-8-3-4-9-20(18)21/h3-4,8-9,22H,5-7,10-15H2,1-2H3. The van der Waals surface area contributed by atoms with Gasteiger partial charge in [-0.3, -0.25) is 4.68 Å². The van der Waals surface area contributed by atoms with Crippen molar-refractivity contribution in [2.75, 3.05) is 26.2 Å². The number of aromatic nitrogens is 2. The SMILES string of the molecule is Cc1nn(Cc2ccccc2Cl)c(C)c1CNCCCN1CCCC1. The van der Waals surface area contributed by atoms with Crippen LogP contribution >= 0.6 is 11.6 Å². The fraction of sp³-hybridized carbons (Fsp3) is 0.550. The largest absolute Gasteiger partial charge is 0.312 e. The summed E-state index contributed by atoms with van der Waals surface area (Å²) in [6, 6.07) is 7.99. The third kappa shape index (κ3) is 4.84. The summed E-state index contributed by atoms with van der Waals surface area (Å²) in [6.45, 7) is 10.7. The van der Waals surface area contributed by atoms with Crippen molar-refractivity contribution in [3.05, 3.63) is 51.8 Å². The third-order valence-electron chi connectivity index (χ3n) is 5.14. The molecule has 1 aromatic carbocycles. The molecule has 136 valence electrons. The topological polar surface area (TPSA) is 33.1 Å². The Bertz CT molecular complexity index is 689. The van der Waals surface area contributed by atoms with Crippen LogP contribution in [0, 0.1) is 13.8 Å². The first-order valence-corrected chi connectivity index (χ1v) is 9.72.